The molecular formula is C14H18BrNO2. The lowest BCUT2D eigenvalue weighted by Crippen LogP contribution is -2.24. The molecule has 3 unspecified atom stereocenters. The van der Waals surface area contributed by atoms with Gasteiger partial charge in [-0.3, -0.25) is 0 Å². The summed E-state index contributed by atoms with van der Waals surface area (Å²) in [5.41, 5.74) is 1.19. The van der Waals surface area contributed by atoms with Crippen LogP contribution >= 0.6 is 15.9 Å². The minimum atomic E-state index is -0.896. The van der Waals surface area contributed by atoms with E-state index in [1.807, 2.05) is 6.07 Å². The fourth-order valence-electron chi connectivity index (χ4n) is 2.58. The summed E-state index contributed by atoms with van der Waals surface area (Å²) in [4.78, 5) is 11.0. The van der Waals surface area contributed by atoms with Crippen LogP contribution in [0.1, 0.15) is 37.0 Å². The van der Waals surface area contributed by atoms with E-state index in [1.54, 1.807) is 12.1 Å². The maximum absolute atomic E-state index is 11.0. The van der Waals surface area contributed by atoms with Crippen molar-refractivity contribution < 1.29 is 9.90 Å². The second-order valence-electron chi connectivity index (χ2n) is 5.20. The first-order valence-electron chi connectivity index (χ1n) is 6.28. The average Bonchev–Trinajstić information content (AvgIpc) is 2.60. The van der Waals surface area contributed by atoms with E-state index in [-0.39, 0.29) is 0 Å². The Balaban J connectivity index is 2.16. The summed E-state index contributed by atoms with van der Waals surface area (Å²) in [6.45, 7) is 4.53. The second-order valence-corrected chi connectivity index (χ2v) is 6.11. The smallest absolute Gasteiger partial charge is 0.335 e. The fraction of sp³-hybridized carbons (Fsp3) is 0.500. The Labute approximate surface area is 116 Å². The molecule has 1 aliphatic rings. The van der Waals surface area contributed by atoms with Gasteiger partial charge in [-0.25, -0.2) is 4.79 Å². The monoisotopic (exact) mass is 311 g/mol. The molecule has 0 saturated heterocycles. The van der Waals surface area contributed by atoms with Crippen molar-refractivity contribution in [3.8, 4) is 0 Å². The molecule has 1 aromatic rings. The molecule has 1 aromatic carbocycles. The zero-order valence-electron chi connectivity index (χ0n) is 10.6. The molecule has 0 amide bonds. The normalized spacial score (nSPS) is 27.2. The predicted octanol–water partition coefficient (Wildman–Crippen LogP) is 3.99. The van der Waals surface area contributed by atoms with Crippen LogP contribution in [-0.2, 0) is 0 Å². The zero-order valence-corrected chi connectivity index (χ0v) is 12.2. The van der Waals surface area contributed by atoms with E-state index in [9.17, 15) is 4.79 Å². The third-order valence-electron chi connectivity index (χ3n) is 3.96. The van der Waals surface area contributed by atoms with Gasteiger partial charge >= 0.3 is 5.97 Å². The van der Waals surface area contributed by atoms with E-state index in [0.29, 0.717) is 17.5 Å². The van der Waals surface area contributed by atoms with E-state index < -0.39 is 5.97 Å². The summed E-state index contributed by atoms with van der Waals surface area (Å²) in [5.74, 6) is 0.457. The average molecular weight is 312 g/mol. The summed E-state index contributed by atoms with van der Waals surface area (Å²) in [6, 6.07) is 5.69. The van der Waals surface area contributed by atoms with Gasteiger partial charge in [-0.2, -0.15) is 0 Å². The number of halogens is 1. The molecule has 1 aliphatic carbocycles. The Morgan fingerprint density at radius 2 is 2.06 bits per heavy atom. The second kappa shape index (κ2) is 5.31. The molecular weight excluding hydrogens is 294 g/mol. The number of carbonyl (C=O) groups is 1. The Kier molecular flexibility index (Phi) is 3.95. The van der Waals surface area contributed by atoms with E-state index >= 15 is 0 Å². The lowest BCUT2D eigenvalue weighted by Gasteiger charge is -2.21. The number of hydrogen-bond donors (Lipinski definition) is 2. The number of carboxylic acid groups (broad SMARTS) is 1. The van der Waals surface area contributed by atoms with Gasteiger partial charge in [-0.15, -0.1) is 0 Å². The van der Waals surface area contributed by atoms with Crippen LogP contribution in [0.4, 0.5) is 5.69 Å². The first-order valence-corrected chi connectivity index (χ1v) is 7.07. The highest BCUT2D eigenvalue weighted by Crippen LogP contribution is 2.33. The summed E-state index contributed by atoms with van der Waals surface area (Å²) >= 11 is 3.35. The molecule has 3 atom stereocenters. The van der Waals surface area contributed by atoms with Crippen LogP contribution in [0.15, 0.2) is 22.7 Å². The van der Waals surface area contributed by atoms with Crippen LogP contribution in [0.2, 0.25) is 0 Å². The number of carboxylic acids is 1. The molecule has 1 fully saturated rings. The fourth-order valence-corrected chi connectivity index (χ4v) is 3.07. The molecule has 0 radical (unpaired) electrons. The molecule has 2 N–H and O–H groups in total. The van der Waals surface area contributed by atoms with Crippen molar-refractivity contribution in [2.24, 2.45) is 11.8 Å². The van der Waals surface area contributed by atoms with Gasteiger partial charge in [0.25, 0.3) is 0 Å². The SMILES string of the molecule is CC1CCC(Nc2cc(Br)cc(C(=O)O)c2)C1C. The minimum Gasteiger partial charge on any atom is -0.478 e. The third kappa shape index (κ3) is 2.86. The Hall–Kier alpha value is -1.03. The van der Waals surface area contributed by atoms with E-state index in [2.05, 4.69) is 35.1 Å². The van der Waals surface area contributed by atoms with E-state index in [0.717, 1.165) is 22.5 Å². The standard InChI is InChI=1S/C14H18BrNO2/c1-8-3-4-13(9(8)2)16-12-6-10(14(17)18)5-11(15)7-12/h5-9,13,16H,3-4H2,1-2H3,(H,17,18). The van der Waals surface area contributed by atoms with Crippen LogP contribution in [-0.4, -0.2) is 17.1 Å². The molecule has 0 heterocycles. The lowest BCUT2D eigenvalue weighted by molar-refractivity contribution is 0.0697. The number of benzene rings is 1. The summed E-state index contributed by atoms with van der Waals surface area (Å²) in [7, 11) is 0. The van der Waals surface area contributed by atoms with Gasteiger partial charge in [0.2, 0.25) is 0 Å². The van der Waals surface area contributed by atoms with Crippen molar-refractivity contribution in [1.82, 2.24) is 0 Å². The van der Waals surface area contributed by atoms with Gasteiger partial charge in [0.15, 0.2) is 0 Å². The molecule has 1 saturated carbocycles. The molecule has 0 bridgehead atoms. The first-order chi connectivity index (χ1) is 8.47. The molecule has 0 aromatic heterocycles. The van der Waals surface area contributed by atoms with Crippen LogP contribution in [0.25, 0.3) is 0 Å². The zero-order chi connectivity index (χ0) is 13.3. The predicted molar refractivity (Wildman–Crippen MR) is 76.1 cm³/mol. The quantitative estimate of drug-likeness (QED) is 0.887. The van der Waals surface area contributed by atoms with Crippen molar-refractivity contribution >= 4 is 27.6 Å². The molecule has 4 heteroatoms. The summed E-state index contributed by atoms with van der Waals surface area (Å²) in [6.07, 6.45) is 2.38. The number of aromatic carboxylic acids is 1. The Bertz CT molecular complexity index is 461. The first kappa shape index (κ1) is 13.4. The highest BCUT2D eigenvalue weighted by atomic mass is 79.9. The van der Waals surface area contributed by atoms with E-state index in [4.69, 9.17) is 5.11 Å². The third-order valence-corrected chi connectivity index (χ3v) is 4.42. The van der Waals surface area contributed by atoms with Crippen molar-refractivity contribution in [3.63, 3.8) is 0 Å². The highest BCUT2D eigenvalue weighted by molar-refractivity contribution is 9.10. The number of hydrogen-bond acceptors (Lipinski definition) is 2. The highest BCUT2D eigenvalue weighted by Gasteiger charge is 2.29. The molecule has 18 heavy (non-hydrogen) atoms. The minimum absolute atomic E-state index is 0.311. The summed E-state index contributed by atoms with van der Waals surface area (Å²) < 4.78 is 0.795. The molecule has 98 valence electrons. The van der Waals surface area contributed by atoms with Gasteiger partial charge in [-0.05, 0) is 42.9 Å². The van der Waals surface area contributed by atoms with Crippen LogP contribution in [0, 0.1) is 11.8 Å². The van der Waals surface area contributed by atoms with Crippen molar-refractivity contribution in [3.05, 3.63) is 28.2 Å². The maximum atomic E-state index is 11.0. The Morgan fingerprint density at radius 3 is 2.61 bits per heavy atom. The molecule has 3 nitrogen and oxygen atoms in total. The largest absolute Gasteiger partial charge is 0.478 e. The lowest BCUT2D eigenvalue weighted by atomic mass is 9.97. The Morgan fingerprint density at radius 1 is 1.33 bits per heavy atom. The number of nitrogens with one attached hydrogen (secondary N) is 1. The van der Waals surface area contributed by atoms with Gasteiger partial charge in [0.1, 0.15) is 0 Å². The number of rotatable bonds is 3. The van der Waals surface area contributed by atoms with Gasteiger partial charge in [-0.1, -0.05) is 29.8 Å². The van der Waals surface area contributed by atoms with Gasteiger partial charge in [0.05, 0.1) is 5.56 Å². The van der Waals surface area contributed by atoms with Crippen LogP contribution in [0.5, 0.6) is 0 Å². The maximum Gasteiger partial charge on any atom is 0.335 e. The molecule has 0 spiro atoms. The van der Waals surface area contributed by atoms with Crippen molar-refractivity contribution in [2.75, 3.05) is 5.32 Å². The summed E-state index contributed by atoms with van der Waals surface area (Å²) in [5, 5.41) is 12.5. The topological polar surface area (TPSA) is 49.3 Å². The molecule has 2 rings (SSSR count). The number of anilines is 1. The van der Waals surface area contributed by atoms with Gasteiger partial charge < -0.3 is 10.4 Å². The van der Waals surface area contributed by atoms with E-state index in [1.165, 1.54) is 6.42 Å². The molecule has 0 aliphatic heterocycles. The van der Waals surface area contributed by atoms with Crippen LogP contribution < -0.4 is 5.32 Å². The van der Waals surface area contributed by atoms with Crippen molar-refractivity contribution in [2.45, 2.75) is 32.7 Å². The van der Waals surface area contributed by atoms with Gasteiger partial charge in [0, 0.05) is 16.2 Å². The van der Waals surface area contributed by atoms with Crippen molar-refractivity contribution in [1.29, 1.82) is 0 Å². The van der Waals surface area contributed by atoms with Crippen LogP contribution in [0.3, 0.4) is 0 Å².